The van der Waals surface area contributed by atoms with Gasteiger partial charge in [0.1, 0.15) is 22.9 Å². The summed E-state index contributed by atoms with van der Waals surface area (Å²) in [4.78, 5) is 13.3. The number of ether oxygens (including phenoxy) is 2. The molecule has 4 aromatic rings. The second-order valence-electron chi connectivity index (χ2n) is 8.20. The number of methoxy groups -OCH3 is 1. The molecule has 7 nitrogen and oxygen atoms in total. The van der Waals surface area contributed by atoms with E-state index in [1.807, 2.05) is 79.7 Å². The van der Waals surface area contributed by atoms with Gasteiger partial charge in [0.15, 0.2) is 0 Å². The summed E-state index contributed by atoms with van der Waals surface area (Å²) in [5, 5.41) is 11.6. The SMILES string of the molecule is CCOc1ccc(NC(=O)c2cnn3c2NC(c2ccc(Cl)cc2)=C[C@H]3c2cccc(OC)c2)cc1. The van der Waals surface area contributed by atoms with E-state index in [-0.39, 0.29) is 11.9 Å². The summed E-state index contributed by atoms with van der Waals surface area (Å²) in [7, 11) is 1.64. The first-order valence-corrected chi connectivity index (χ1v) is 11.9. The van der Waals surface area contributed by atoms with Gasteiger partial charge in [-0.15, -0.1) is 0 Å². The molecule has 1 aromatic heterocycles. The highest BCUT2D eigenvalue weighted by atomic mass is 35.5. The Balaban J connectivity index is 1.51. The lowest BCUT2D eigenvalue weighted by Gasteiger charge is -2.26. The zero-order chi connectivity index (χ0) is 25.1. The van der Waals surface area contributed by atoms with E-state index < -0.39 is 0 Å². The highest BCUT2D eigenvalue weighted by Gasteiger charge is 2.28. The molecule has 1 aliphatic rings. The summed E-state index contributed by atoms with van der Waals surface area (Å²) in [5.41, 5.74) is 3.86. The Morgan fingerprint density at radius 3 is 2.58 bits per heavy atom. The Labute approximate surface area is 214 Å². The van der Waals surface area contributed by atoms with Gasteiger partial charge in [-0.2, -0.15) is 5.10 Å². The number of carbonyl (C=O) groups excluding carboxylic acids is 1. The molecular weight excluding hydrogens is 476 g/mol. The minimum atomic E-state index is -0.269. The fraction of sp³-hybridized carbons (Fsp3) is 0.143. The standard InChI is InChI=1S/C28H25ClN4O3/c1-3-36-22-13-11-21(12-14-22)31-28(34)24-17-30-33-26(19-5-4-6-23(15-19)35-2)16-25(32-27(24)33)18-7-9-20(29)10-8-18/h4-17,26,32H,3H2,1-2H3,(H,31,34)/t26-/m0/s1. The lowest BCUT2D eigenvalue weighted by Crippen LogP contribution is -2.22. The summed E-state index contributed by atoms with van der Waals surface area (Å²) < 4.78 is 12.7. The molecule has 0 bridgehead atoms. The molecule has 1 aliphatic heterocycles. The van der Waals surface area contributed by atoms with E-state index >= 15 is 0 Å². The van der Waals surface area contributed by atoms with Crippen molar-refractivity contribution < 1.29 is 14.3 Å². The minimum Gasteiger partial charge on any atom is -0.497 e. The van der Waals surface area contributed by atoms with Crippen LogP contribution in [0.1, 0.15) is 34.5 Å². The predicted octanol–water partition coefficient (Wildman–Crippen LogP) is 6.25. The van der Waals surface area contributed by atoms with Crippen LogP contribution in [0.5, 0.6) is 11.5 Å². The van der Waals surface area contributed by atoms with Gasteiger partial charge in [0.05, 0.1) is 26.0 Å². The average Bonchev–Trinajstić information content (AvgIpc) is 3.34. The van der Waals surface area contributed by atoms with E-state index in [1.54, 1.807) is 18.0 Å². The van der Waals surface area contributed by atoms with Crippen LogP contribution in [0.15, 0.2) is 85.1 Å². The van der Waals surface area contributed by atoms with E-state index in [1.165, 1.54) is 0 Å². The predicted molar refractivity (Wildman–Crippen MR) is 142 cm³/mol. The Hall–Kier alpha value is -4.23. The van der Waals surface area contributed by atoms with Gasteiger partial charge in [-0.05, 0) is 72.7 Å². The fourth-order valence-corrected chi connectivity index (χ4v) is 4.25. The number of nitrogens with zero attached hydrogens (tertiary/aromatic N) is 2. The van der Waals surface area contributed by atoms with Crippen molar-refractivity contribution in [1.29, 1.82) is 0 Å². The molecule has 2 heterocycles. The number of aromatic nitrogens is 2. The number of halogens is 1. The molecule has 0 unspecified atom stereocenters. The zero-order valence-corrected chi connectivity index (χ0v) is 20.6. The smallest absolute Gasteiger partial charge is 0.261 e. The second-order valence-corrected chi connectivity index (χ2v) is 8.63. The van der Waals surface area contributed by atoms with Crippen molar-refractivity contribution in [2.75, 3.05) is 24.4 Å². The Kier molecular flexibility index (Phi) is 6.64. The summed E-state index contributed by atoms with van der Waals surface area (Å²) >= 11 is 6.11. The molecule has 36 heavy (non-hydrogen) atoms. The minimum absolute atomic E-state index is 0.256. The van der Waals surface area contributed by atoms with Crippen LogP contribution in [0.3, 0.4) is 0 Å². The van der Waals surface area contributed by atoms with Gasteiger partial charge >= 0.3 is 0 Å². The van der Waals surface area contributed by atoms with Crippen molar-refractivity contribution in [2.45, 2.75) is 13.0 Å². The third-order valence-corrected chi connectivity index (χ3v) is 6.15. The topological polar surface area (TPSA) is 77.4 Å². The number of fused-ring (bicyclic) bond motifs is 1. The molecule has 0 fully saturated rings. The highest BCUT2D eigenvalue weighted by molar-refractivity contribution is 6.30. The van der Waals surface area contributed by atoms with E-state index in [0.717, 1.165) is 28.3 Å². The molecule has 182 valence electrons. The van der Waals surface area contributed by atoms with Crippen LogP contribution in [0.2, 0.25) is 5.02 Å². The molecule has 5 rings (SSSR count). The van der Waals surface area contributed by atoms with Crippen LogP contribution in [-0.4, -0.2) is 29.4 Å². The largest absolute Gasteiger partial charge is 0.497 e. The number of hydrogen-bond acceptors (Lipinski definition) is 5. The highest BCUT2D eigenvalue weighted by Crippen LogP contribution is 2.36. The molecule has 1 atom stereocenters. The first kappa shape index (κ1) is 23.5. The normalized spacial score (nSPS) is 14.3. The fourth-order valence-electron chi connectivity index (χ4n) is 4.12. The third kappa shape index (κ3) is 4.78. The average molecular weight is 501 g/mol. The van der Waals surface area contributed by atoms with Crippen molar-refractivity contribution in [3.05, 3.63) is 107 Å². The number of rotatable bonds is 7. The van der Waals surface area contributed by atoms with Crippen molar-refractivity contribution in [3.63, 3.8) is 0 Å². The van der Waals surface area contributed by atoms with Gasteiger partial charge < -0.3 is 20.1 Å². The maximum atomic E-state index is 13.3. The Bertz CT molecular complexity index is 1410. The lowest BCUT2D eigenvalue weighted by atomic mass is 10.0. The summed E-state index contributed by atoms with van der Waals surface area (Å²) in [6.07, 6.45) is 3.66. The van der Waals surface area contributed by atoms with Crippen molar-refractivity contribution in [3.8, 4) is 11.5 Å². The van der Waals surface area contributed by atoms with Crippen LogP contribution in [0.25, 0.3) is 5.70 Å². The van der Waals surface area contributed by atoms with Crippen LogP contribution in [-0.2, 0) is 0 Å². The quantitative estimate of drug-likeness (QED) is 0.313. The number of anilines is 2. The van der Waals surface area contributed by atoms with Crippen LogP contribution in [0.4, 0.5) is 11.5 Å². The first-order chi connectivity index (χ1) is 17.6. The monoisotopic (exact) mass is 500 g/mol. The summed E-state index contributed by atoms with van der Waals surface area (Å²) in [5.74, 6) is 1.82. The van der Waals surface area contributed by atoms with Crippen molar-refractivity contribution in [2.24, 2.45) is 0 Å². The molecule has 0 saturated heterocycles. The van der Waals surface area contributed by atoms with Gasteiger partial charge in [-0.1, -0.05) is 35.9 Å². The molecule has 2 N–H and O–H groups in total. The number of nitrogens with one attached hydrogen (secondary N) is 2. The number of allylic oxidation sites excluding steroid dienone is 1. The van der Waals surface area contributed by atoms with Gasteiger partial charge in [0, 0.05) is 16.4 Å². The van der Waals surface area contributed by atoms with Gasteiger partial charge in [-0.25, -0.2) is 4.68 Å². The van der Waals surface area contributed by atoms with Gasteiger partial charge in [0.25, 0.3) is 5.91 Å². The van der Waals surface area contributed by atoms with E-state index in [0.29, 0.717) is 28.7 Å². The molecule has 3 aromatic carbocycles. The van der Waals surface area contributed by atoms with Crippen LogP contribution in [0, 0.1) is 0 Å². The number of hydrogen-bond donors (Lipinski definition) is 2. The van der Waals surface area contributed by atoms with E-state index in [4.69, 9.17) is 21.1 Å². The van der Waals surface area contributed by atoms with Crippen molar-refractivity contribution in [1.82, 2.24) is 9.78 Å². The maximum absolute atomic E-state index is 13.3. The molecule has 0 radical (unpaired) electrons. The maximum Gasteiger partial charge on any atom is 0.261 e. The van der Waals surface area contributed by atoms with Crippen LogP contribution < -0.4 is 20.1 Å². The molecule has 0 aliphatic carbocycles. The molecule has 1 amide bonds. The molecule has 0 spiro atoms. The van der Waals surface area contributed by atoms with Gasteiger partial charge in [0.2, 0.25) is 0 Å². The second kappa shape index (κ2) is 10.2. The molecule has 8 heteroatoms. The van der Waals surface area contributed by atoms with Crippen LogP contribution >= 0.6 is 11.6 Å². The number of carbonyl (C=O) groups is 1. The van der Waals surface area contributed by atoms with Crippen molar-refractivity contribution >= 4 is 34.7 Å². The Morgan fingerprint density at radius 2 is 1.86 bits per heavy atom. The zero-order valence-electron chi connectivity index (χ0n) is 19.9. The molecular formula is C28H25ClN4O3. The number of amides is 1. The Morgan fingerprint density at radius 1 is 1.08 bits per heavy atom. The van der Waals surface area contributed by atoms with Gasteiger partial charge in [-0.3, -0.25) is 4.79 Å². The summed E-state index contributed by atoms with van der Waals surface area (Å²) in [6, 6.07) is 22.4. The van der Waals surface area contributed by atoms with E-state index in [2.05, 4.69) is 21.8 Å². The third-order valence-electron chi connectivity index (χ3n) is 5.89. The number of benzene rings is 3. The van der Waals surface area contributed by atoms with E-state index in [9.17, 15) is 4.79 Å². The molecule has 0 saturated carbocycles. The lowest BCUT2D eigenvalue weighted by molar-refractivity contribution is 0.102. The first-order valence-electron chi connectivity index (χ1n) is 11.6. The summed E-state index contributed by atoms with van der Waals surface area (Å²) in [6.45, 7) is 2.51.